The van der Waals surface area contributed by atoms with Gasteiger partial charge in [-0.2, -0.15) is 0 Å². The SMILES string of the molecule is O=C(CSc1ccc(NC(=O)Cc2ccc(Cl)cc2)cc1)Nc1ccc(C(=O)O)cc1. The van der Waals surface area contributed by atoms with Crippen molar-refractivity contribution in [3.05, 3.63) is 88.9 Å². The highest BCUT2D eigenvalue weighted by molar-refractivity contribution is 8.00. The maximum absolute atomic E-state index is 12.2. The Kier molecular flexibility index (Phi) is 7.70. The highest BCUT2D eigenvalue weighted by Crippen LogP contribution is 2.21. The van der Waals surface area contributed by atoms with Crippen LogP contribution >= 0.6 is 23.4 Å². The number of carboxylic acids is 1. The van der Waals surface area contributed by atoms with E-state index in [1.165, 1.54) is 23.9 Å². The second-order valence-electron chi connectivity index (χ2n) is 6.60. The summed E-state index contributed by atoms with van der Waals surface area (Å²) >= 11 is 7.20. The van der Waals surface area contributed by atoms with Crippen LogP contribution in [-0.2, 0) is 16.0 Å². The molecule has 3 aromatic rings. The molecule has 31 heavy (non-hydrogen) atoms. The number of carbonyl (C=O) groups excluding carboxylic acids is 2. The Morgan fingerprint density at radius 1 is 0.774 bits per heavy atom. The van der Waals surface area contributed by atoms with Gasteiger partial charge in [0, 0.05) is 21.3 Å². The first-order valence-corrected chi connectivity index (χ1v) is 10.7. The zero-order chi connectivity index (χ0) is 22.2. The van der Waals surface area contributed by atoms with Gasteiger partial charge in [0.15, 0.2) is 0 Å². The molecule has 0 atom stereocenters. The third kappa shape index (κ3) is 7.16. The largest absolute Gasteiger partial charge is 0.478 e. The van der Waals surface area contributed by atoms with E-state index < -0.39 is 5.97 Å². The topological polar surface area (TPSA) is 95.5 Å². The number of carbonyl (C=O) groups is 3. The van der Waals surface area contributed by atoms with Gasteiger partial charge >= 0.3 is 5.97 Å². The number of rotatable bonds is 8. The van der Waals surface area contributed by atoms with Crippen molar-refractivity contribution in [1.29, 1.82) is 0 Å². The van der Waals surface area contributed by atoms with Crippen molar-refractivity contribution >= 4 is 52.5 Å². The Balaban J connectivity index is 1.45. The van der Waals surface area contributed by atoms with Crippen LogP contribution in [0.5, 0.6) is 0 Å². The van der Waals surface area contributed by atoms with Gasteiger partial charge < -0.3 is 15.7 Å². The van der Waals surface area contributed by atoms with E-state index in [1.54, 1.807) is 36.4 Å². The molecule has 0 fully saturated rings. The number of carboxylic acid groups (broad SMARTS) is 1. The molecule has 0 aliphatic rings. The molecule has 3 N–H and O–H groups in total. The summed E-state index contributed by atoms with van der Waals surface area (Å²) in [6.45, 7) is 0. The lowest BCUT2D eigenvalue weighted by Crippen LogP contribution is -2.14. The van der Waals surface area contributed by atoms with Gasteiger partial charge in [0.1, 0.15) is 0 Å². The molecule has 0 aromatic heterocycles. The van der Waals surface area contributed by atoms with Gasteiger partial charge in [-0.05, 0) is 66.2 Å². The van der Waals surface area contributed by atoms with Crippen molar-refractivity contribution in [3.8, 4) is 0 Å². The first-order valence-electron chi connectivity index (χ1n) is 9.29. The summed E-state index contributed by atoms with van der Waals surface area (Å²) in [5.74, 6) is -1.15. The van der Waals surface area contributed by atoms with E-state index in [0.717, 1.165) is 10.5 Å². The summed E-state index contributed by atoms with van der Waals surface area (Å²) in [5.41, 5.74) is 2.24. The number of nitrogens with one attached hydrogen (secondary N) is 2. The van der Waals surface area contributed by atoms with E-state index in [9.17, 15) is 14.4 Å². The highest BCUT2D eigenvalue weighted by Gasteiger charge is 2.07. The van der Waals surface area contributed by atoms with E-state index in [0.29, 0.717) is 16.4 Å². The molecule has 158 valence electrons. The summed E-state index contributed by atoms with van der Waals surface area (Å²) in [5, 5.41) is 15.1. The number of hydrogen-bond acceptors (Lipinski definition) is 4. The third-order valence-corrected chi connectivity index (χ3v) is 5.47. The molecule has 0 aliphatic heterocycles. The molecule has 0 heterocycles. The molecule has 0 unspecified atom stereocenters. The number of thioether (sulfide) groups is 1. The van der Waals surface area contributed by atoms with Crippen LogP contribution in [0.15, 0.2) is 77.7 Å². The number of hydrogen-bond donors (Lipinski definition) is 3. The van der Waals surface area contributed by atoms with E-state index in [2.05, 4.69) is 10.6 Å². The number of aromatic carboxylic acids is 1. The molecule has 0 saturated carbocycles. The first kappa shape index (κ1) is 22.4. The molecule has 0 saturated heterocycles. The van der Waals surface area contributed by atoms with E-state index >= 15 is 0 Å². The molecule has 0 spiro atoms. The third-order valence-electron chi connectivity index (χ3n) is 4.20. The lowest BCUT2D eigenvalue weighted by molar-refractivity contribution is -0.115. The van der Waals surface area contributed by atoms with Crippen LogP contribution in [0.4, 0.5) is 11.4 Å². The molecule has 0 bridgehead atoms. The van der Waals surface area contributed by atoms with Crippen LogP contribution < -0.4 is 10.6 Å². The fraction of sp³-hybridized carbons (Fsp3) is 0.0870. The van der Waals surface area contributed by atoms with Gasteiger partial charge in [0.05, 0.1) is 17.7 Å². The van der Waals surface area contributed by atoms with Gasteiger partial charge in [-0.1, -0.05) is 23.7 Å². The Hall–Kier alpha value is -3.29. The fourth-order valence-corrected chi connectivity index (χ4v) is 3.49. The van der Waals surface area contributed by atoms with Crippen LogP contribution in [-0.4, -0.2) is 28.6 Å². The van der Waals surface area contributed by atoms with Crippen molar-refractivity contribution in [3.63, 3.8) is 0 Å². The summed E-state index contributed by atoms with van der Waals surface area (Å²) in [6, 6.07) is 20.3. The quantitative estimate of drug-likeness (QED) is 0.418. The normalized spacial score (nSPS) is 10.4. The monoisotopic (exact) mass is 454 g/mol. The average molecular weight is 455 g/mol. The highest BCUT2D eigenvalue weighted by atomic mass is 35.5. The number of anilines is 2. The predicted molar refractivity (Wildman–Crippen MR) is 123 cm³/mol. The lowest BCUT2D eigenvalue weighted by Gasteiger charge is -2.08. The molecular formula is C23H19ClN2O4S. The fourth-order valence-electron chi connectivity index (χ4n) is 2.67. The Bertz CT molecular complexity index is 1070. The summed E-state index contributed by atoms with van der Waals surface area (Å²) in [7, 11) is 0. The second kappa shape index (κ2) is 10.7. The molecule has 3 aromatic carbocycles. The Labute approximate surface area is 188 Å². The van der Waals surface area contributed by atoms with Crippen LogP contribution in [0.25, 0.3) is 0 Å². The summed E-state index contributed by atoms with van der Waals surface area (Å²) < 4.78 is 0. The molecule has 0 radical (unpaired) electrons. The molecular weight excluding hydrogens is 436 g/mol. The van der Waals surface area contributed by atoms with Crippen molar-refractivity contribution in [2.24, 2.45) is 0 Å². The number of amides is 2. The van der Waals surface area contributed by atoms with Crippen LogP contribution in [0.1, 0.15) is 15.9 Å². The maximum atomic E-state index is 12.2. The average Bonchev–Trinajstić information content (AvgIpc) is 2.75. The Morgan fingerprint density at radius 2 is 1.32 bits per heavy atom. The van der Waals surface area contributed by atoms with Crippen molar-refractivity contribution in [2.75, 3.05) is 16.4 Å². The zero-order valence-corrected chi connectivity index (χ0v) is 17.9. The minimum Gasteiger partial charge on any atom is -0.478 e. The van der Waals surface area contributed by atoms with Crippen molar-refractivity contribution in [1.82, 2.24) is 0 Å². The number of benzene rings is 3. The molecule has 0 aliphatic carbocycles. The van der Waals surface area contributed by atoms with E-state index in [-0.39, 0.29) is 29.6 Å². The van der Waals surface area contributed by atoms with Gasteiger partial charge in [0.25, 0.3) is 0 Å². The lowest BCUT2D eigenvalue weighted by atomic mass is 10.1. The Morgan fingerprint density at radius 3 is 1.90 bits per heavy atom. The molecule has 3 rings (SSSR count). The van der Waals surface area contributed by atoms with Crippen LogP contribution in [0, 0.1) is 0 Å². The maximum Gasteiger partial charge on any atom is 0.335 e. The zero-order valence-electron chi connectivity index (χ0n) is 16.3. The van der Waals surface area contributed by atoms with Gasteiger partial charge in [0.2, 0.25) is 11.8 Å². The second-order valence-corrected chi connectivity index (χ2v) is 8.08. The van der Waals surface area contributed by atoms with E-state index in [1.807, 2.05) is 24.3 Å². The smallest absolute Gasteiger partial charge is 0.335 e. The minimum absolute atomic E-state index is 0.129. The predicted octanol–water partition coefficient (Wildman–Crippen LogP) is 4.95. The number of halogens is 1. The first-order chi connectivity index (χ1) is 14.9. The summed E-state index contributed by atoms with van der Waals surface area (Å²) in [4.78, 5) is 36.0. The standard InChI is InChI=1S/C23H19ClN2O4S/c24-17-5-1-15(2-6-17)13-21(27)25-19-9-11-20(12-10-19)31-14-22(28)26-18-7-3-16(4-8-18)23(29)30/h1-12H,13-14H2,(H,25,27)(H,26,28)(H,29,30). The van der Waals surface area contributed by atoms with Crippen LogP contribution in [0.3, 0.4) is 0 Å². The van der Waals surface area contributed by atoms with Crippen molar-refractivity contribution in [2.45, 2.75) is 11.3 Å². The van der Waals surface area contributed by atoms with Gasteiger partial charge in [-0.25, -0.2) is 4.79 Å². The van der Waals surface area contributed by atoms with Crippen LogP contribution in [0.2, 0.25) is 5.02 Å². The summed E-state index contributed by atoms with van der Waals surface area (Å²) in [6.07, 6.45) is 0.251. The minimum atomic E-state index is -1.02. The van der Waals surface area contributed by atoms with Crippen molar-refractivity contribution < 1.29 is 19.5 Å². The van der Waals surface area contributed by atoms with E-state index in [4.69, 9.17) is 16.7 Å². The molecule has 6 nitrogen and oxygen atoms in total. The van der Waals surface area contributed by atoms with Gasteiger partial charge in [-0.3, -0.25) is 9.59 Å². The van der Waals surface area contributed by atoms with Gasteiger partial charge in [-0.15, -0.1) is 11.8 Å². The molecule has 8 heteroatoms. The molecule has 2 amide bonds.